The molecule has 0 aliphatic heterocycles. The van der Waals surface area contributed by atoms with E-state index in [1.807, 2.05) is 0 Å². The highest BCUT2D eigenvalue weighted by molar-refractivity contribution is 7.47. The first kappa shape index (κ1) is 100. The zero-order valence-electron chi connectivity index (χ0n) is 66.8. The third-order valence-electron chi connectivity index (χ3n) is 19.5. The molecule has 0 saturated heterocycles. The maximum Gasteiger partial charge on any atom is 0.472 e. The summed E-state index contributed by atoms with van der Waals surface area (Å²) in [5.74, 6) is -1.34. The van der Waals surface area contributed by atoms with Crippen molar-refractivity contribution in [2.45, 2.75) is 464 Å². The Morgan fingerprint density at radius 3 is 0.667 bits per heavy atom. The number of hydrogen-bond donors (Lipinski definition) is 3. The Bertz CT molecular complexity index is 1940. The van der Waals surface area contributed by atoms with Crippen molar-refractivity contribution >= 4 is 39.5 Å². The average Bonchev–Trinajstić information content (AvgIpc) is 0.909. The number of carbonyl (C=O) groups excluding carboxylic acids is 4. The smallest absolute Gasteiger partial charge is 0.462 e. The first-order valence-electron chi connectivity index (χ1n) is 43.1. The maximum absolute atomic E-state index is 13.1. The van der Waals surface area contributed by atoms with Crippen LogP contribution in [0.15, 0.2) is 0 Å². The maximum atomic E-state index is 13.1. The van der Waals surface area contributed by atoms with E-state index in [9.17, 15) is 43.2 Å². The topological polar surface area (TPSA) is 237 Å². The van der Waals surface area contributed by atoms with E-state index in [0.717, 1.165) is 95.8 Å². The Hall–Kier alpha value is -1.94. The van der Waals surface area contributed by atoms with Crippen LogP contribution < -0.4 is 0 Å². The molecule has 5 atom stereocenters. The Labute approximate surface area is 626 Å². The molecule has 0 amide bonds. The second-order valence-electron chi connectivity index (χ2n) is 30.3. The molecule has 0 aromatic carbocycles. The van der Waals surface area contributed by atoms with E-state index < -0.39 is 97.5 Å². The highest BCUT2D eigenvalue weighted by atomic mass is 31.2. The van der Waals surface area contributed by atoms with Crippen LogP contribution in [0.5, 0.6) is 0 Å². The van der Waals surface area contributed by atoms with E-state index in [0.29, 0.717) is 25.7 Å². The molecule has 2 unspecified atom stereocenters. The number of unbranched alkanes of at least 4 members (excludes halogenated alkanes) is 55. The first-order valence-corrected chi connectivity index (χ1v) is 46.1. The van der Waals surface area contributed by atoms with Crippen LogP contribution >= 0.6 is 15.6 Å². The first-order chi connectivity index (χ1) is 49.5. The number of carbonyl (C=O) groups is 4. The molecule has 17 nitrogen and oxygen atoms in total. The van der Waals surface area contributed by atoms with Crippen molar-refractivity contribution in [1.29, 1.82) is 0 Å². The van der Waals surface area contributed by atoms with E-state index >= 15 is 0 Å². The zero-order valence-corrected chi connectivity index (χ0v) is 68.5. The van der Waals surface area contributed by atoms with Crippen LogP contribution in [0.2, 0.25) is 0 Å². The van der Waals surface area contributed by atoms with E-state index in [1.165, 1.54) is 270 Å². The van der Waals surface area contributed by atoms with Gasteiger partial charge in [-0.2, -0.15) is 0 Å². The van der Waals surface area contributed by atoms with Crippen molar-refractivity contribution in [2.24, 2.45) is 5.92 Å². The second kappa shape index (κ2) is 75.9. The molecule has 102 heavy (non-hydrogen) atoms. The second-order valence-corrected chi connectivity index (χ2v) is 33.3. The molecule has 0 aliphatic carbocycles. The lowest BCUT2D eigenvalue weighted by Crippen LogP contribution is -2.30. The van der Waals surface area contributed by atoms with Crippen LogP contribution in [0.25, 0.3) is 0 Å². The van der Waals surface area contributed by atoms with E-state index in [-0.39, 0.29) is 25.7 Å². The molecule has 0 rings (SSSR count). The van der Waals surface area contributed by atoms with Gasteiger partial charge in [-0.15, -0.1) is 0 Å². The molecule has 0 bridgehead atoms. The normalized spacial score (nSPS) is 13.8. The Morgan fingerprint density at radius 1 is 0.265 bits per heavy atom. The van der Waals surface area contributed by atoms with Gasteiger partial charge in [-0.1, -0.05) is 394 Å². The molecule has 0 radical (unpaired) electrons. The largest absolute Gasteiger partial charge is 0.472 e. The molecule has 19 heteroatoms. The van der Waals surface area contributed by atoms with Gasteiger partial charge in [-0.3, -0.25) is 37.3 Å². The standard InChI is InChI=1S/C83H162O17P2/c1-6-9-12-15-18-21-24-27-29-31-33-35-37-42-47-52-57-62-67-81(86)94-73-78(99-82(87)68-63-58-53-48-43-38-36-34-32-30-28-25-22-19-16-13-10-7-2)74-97-101(89,90)95-70-77(84)71-96-102(91,92)98-75-79(72-93-80(85)66-61-56-51-46-41-26-23-20-17-14-11-8-3)100-83(88)69-64-59-54-49-44-39-40-45-50-55-60-65-76(4)5/h76-79,84H,6-75H2,1-5H3,(H,89,90)(H,91,92)/t77-,78-,79-/m1/s1. The van der Waals surface area contributed by atoms with Gasteiger partial charge in [0.1, 0.15) is 19.3 Å². The molecule has 606 valence electrons. The minimum atomic E-state index is -4.96. The molecule has 0 aromatic rings. The fraction of sp³-hybridized carbons (Fsp3) is 0.952. The summed E-state index contributed by atoms with van der Waals surface area (Å²) in [6, 6.07) is 0. The predicted molar refractivity (Wildman–Crippen MR) is 418 cm³/mol. The number of esters is 4. The fourth-order valence-electron chi connectivity index (χ4n) is 12.9. The predicted octanol–water partition coefficient (Wildman–Crippen LogP) is 25.2. The van der Waals surface area contributed by atoms with Crippen LogP contribution in [0.4, 0.5) is 0 Å². The lowest BCUT2D eigenvalue weighted by atomic mass is 10.0. The summed E-state index contributed by atoms with van der Waals surface area (Å²) in [7, 11) is -9.92. The SMILES string of the molecule is CCCCCCCCCCCCCCCCCCCCC(=O)OC[C@H](COP(=O)(O)OC[C@@H](O)COP(=O)(O)OC[C@@H](COC(=O)CCCCCCCCCCCCCC)OC(=O)CCCCCCCCCCCCCC(C)C)OC(=O)CCCCCCCCCCCCCCCCCCCC. The Balaban J connectivity index is 5.25. The molecule has 0 saturated carbocycles. The van der Waals surface area contributed by atoms with Crippen LogP contribution in [-0.4, -0.2) is 96.7 Å². The summed E-state index contributed by atoms with van der Waals surface area (Å²) >= 11 is 0. The third-order valence-corrected chi connectivity index (χ3v) is 21.4. The minimum Gasteiger partial charge on any atom is -0.462 e. The lowest BCUT2D eigenvalue weighted by Gasteiger charge is -2.21. The average molecular weight is 1490 g/mol. The van der Waals surface area contributed by atoms with Gasteiger partial charge in [0.15, 0.2) is 12.2 Å². The summed E-state index contributed by atoms with van der Waals surface area (Å²) in [5.41, 5.74) is 0. The number of aliphatic hydroxyl groups excluding tert-OH is 1. The van der Waals surface area contributed by atoms with E-state index in [4.69, 9.17) is 37.0 Å². The number of aliphatic hydroxyl groups is 1. The highest BCUT2D eigenvalue weighted by Crippen LogP contribution is 2.45. The lowest BCUT2D eigenvalue weighted by molar-refractivity contribution is -0.161. The molecule has 0 heterocycles. The van der Waals surface area contributed by atoms with Crippen LogP contribution in [-0.2, 0) is 65.4 Å². The molecule has 0 aromatic heterocycles. The van der Waals surface area contributed by atoms with Gasteiger partial charge in [0.2, 0.25) is 0 Å². The van der Waals surface area contributed by atoms with Crippen molar-refractivity contribution in [1.82, 2.24) is 0 Å². The van der Waals surface area contributed by atoms with Crippen molar-refractivity contribution < 1.29 is 80.2 Å². The molecule has 0 fully saturated rings. The number of phosphoric acid groups is 2. The molecule has 3 N–H and O–H groups in total. The van der Waals surface area contributed by atoms with Crippen LogP contribution in [0, 0.1) is 5.92 Å². The van der Waals surface area contributed by atoms with E-state index in [2.05, 4.69) is 34.6 Å². The summed E-state index contributed by atoms with van der Waals surface area (Å²) < 4.78 is 68.8. The Morgan fingerprint density at radius 2 is 0.451 bits per heavy atom. The third kappa shape index (κ3) is 76.3. The van der Waals surface area contributed by atoms with Gasteiger partial charge in [-0.05, 0) is 31.6 Å². The van der Waals surface area contributed by atoms with Crippen LogP contribution in [0.3, 0.4) is 0 Å². The number of phosphoric ester groups is 2. The summed E-state index contributed by atoms with van der Waals surface area (Å²) in [6.45, 7) is 7.35. The monoisotopic (exact) mass is 1490 g/mol. The number of ether oxygens (including phenoxy) is 4. The molecular formula is C83H162O17P2. The quantitative estimate of drug-likeness (QED) is 0.0222. The van der Waals surface area contributed by atoms with Gasteiger partial charge < -0.3 is 33.8 Å². The van der Waals surface area contributed by atoms with Gasteiger partial charge in [0, 0.05) is 25.7 Å². The Kier molecular flexibility index (Phi) is 74.4. The van der Waals surface area contributed by atoms with Gasteiger partial charge in [-0.25, -0.2) is 9.13 Å². The van der Waals surface area contributed by atoms with Crippen molar-refractivity contribution in [3.05, 3.63) is 0 Å². The van der Waals surface area contributed by atoms with Gasteiger partial charge in [0.25, 0.3) is 0 Å². The van der Waals surface area contributed by atoms with Crippen LogP contribution in [0.1, 0.15) is 446 Å². The van der Waals surface area contributed by atoms with E-state index in [1.54, 1.807) is 0 Å². The highest BCUT2D eigenvalue weighted by Gasteiger charge is 2.30. The molecule has 0 spiro atoms. The summed E-state index contributed by atoms with van der Waals surface area (Å²) in [4.78, 5) is 73.1. The van der Waals surface area contributed by atoms with Gasteiger partial charge in [0.05, 0.1) is 26.4 Å². The fourth-order valence-corrected chi connectivity index (χ4v) is 14.5. The van der Waals surface area contributed by atoms with Crippen molar-refractivity contribution in [3.8, 4) is 0 Å². The van der Waals surface area contributed by atoms with Gasteiger partial charge >= 0.3 is 39.5 Å². The minimum absolute atomic E-state index is 0.107. The number of rotatable bonds is 83. The van der Waals surface area contributed by atoms with Crippen molar-refractivity contribution in [3.63, 3.8) is 0 Å². The van der Waals surface area contributed by atoms with Crippen molar-refractivity contribution in [2.75, 3.05) is 39.6 Å². The summed E-state index contributed by atoms with van der Waals surface area (Å²) in [5, 5.41) is 10.7. The molecular weight excluding hydrogens is 1330 g/mol. The molecule has 0 aliphatic rings. The summed E-state index contributed by atoms with van der Waals surface area (Å²) in [6.07, 6.45) is 67.9. The number of hydrogen-bond acceptors (Lipinski definition) is 15. The zero-order chi connectivity index (χ0) is 74.8.